The van der Waals surface area contributed by atoms with Crippen LogP contribution in [0.3, 0.4) is 0 Å². The zero-order valence-electron chi connectivity index (χ0n) is 21.7. The highest BCUT2D eigenvalue weighted by Crippen LogP contribution is 2.37. The molecule has 2 saturated heterocycles. The Morgan fingerprint density at radius 3 is 2.51 bits per heavy atom. The quantitative estimate of drug-likeness (QED) is 0.473. The first kappa shape index (κ1) is 27.4. The summed E-state index contributed by atoms with van der Waals surface area (Å²) in [5, 5.41) is 8.05. The van der Waals surface area contributed by atoms with Crippen LogP contribution in [0.2, 0.25) is 0 Å². The molecule has 2 fully saturated rings. The minimum atomic E-state index is -3.72. The second-order valence-electron chi connectivity index (χ2n) is 10.3. The van der Waals surface area contributed by atoms with E-state index in [9.17, 15) is 13.2 Å². The Hall–Kier alpha value is -3.15. The molecule has 5 rings (SSSR count). The van der Waals surface area contributed by atoms with Crippen molar-refractivity contribution in [2.45, 2.75) is 55.2 Å². The van der Waals surface area contributed by atoms with Gasteiger partial charge in [-0.05, 0) is 56.4 Å². The largest absolute Gasteiger partial charge is 0.381 e. The number of ether oxygens (including phenoxy) is 1. The van der Waals surface area contributed by atoms with Gasteiger partial charge in [0.25, 0.3) is 5.91 Å². The lowest BCUT2D eigenvalue weighted by Crippen LogP contribution is -2.53. The van der Waals surface area contributed by atoms with Crippen molar-refractivity contribution in [1.29, 1.82) is 0 Å². The summed E-state index contributed by atoms with van der Waals surface area (Å²) in [6, 6.07) is 12.0. The van der Waals surface area contributed by atoms with E-state index in [0.29, 0.717) is 11.3 Å². The number of amides is 1. The van der Waals surface area contributed by atoms with Crippen LogP contribution in [0.4, 0.5) is 8.78 Å². The van der Waals surface area contributed by atoms with Gasteiger partial charge in [-0.1, -0.05) is 35.5 Å². The molecule has 0 saturated carbocycles. The molecule has 0 bridgehead atoms. The summed E-state index contributed by atoms with van der Waals surface area (Å²) < 4.78 is 69.0. The summed E-state index contributed by atoms with van der Waals surface area (Å²) in [5.41, 5.74) is -0.583. The van der Waals surface area contributed by atoms with Gasteiger partial charge in [0.05, 0.1) is 16.0 Å². The molecule has 2 N–H and O–H groups in total. The maximum atomic E-state index is 15.7. The minimum absolute atomic E-state index is 0.0135. The highest BCUT2D eigenvalue weighted by Gasteiger charge is 2.44. The Labute approximate surface area is 226 Å². The first-order chi connectivity index (χ1) is 18.6. The van der Waals surface area contributed by atoms with Crippen LogP contribution in [0.25, 0.3) is 0 Å². The summed E-state index contributed by atoms with van der Waals surface area (Å²) in [6.07, 6.45) is 0.257. The Bertz CT molecular complexity index is 1460. The summed E-state index contributed by atoms with van der Waals surface area (Å²) in [4.78, 5) is 12.9. The standard InChI is InChI=1S/C28H31F2N3O5S/c1-17-12-24(33-38-17)27(34)32-28(8-10-37-11-9-28)21-15-22(29)20(13-23(21)30)14-25-18(2)31-16-26(39(25,35)36)19-6-4-3-5-7-19/h3-7,12-13,15,18,25-26,31H,8-11,14,16H2,1-2H3,(H,32,34)/t18-,25?,26-/m0/s1. The summed E-state index contributed by atoms with van der Waals surface area (Å²) >= 11 is 0. The number of aryl methyl sites for hydroxylation is 1. The third-order valence-corrected chi connectivity index (χ3v) is 10.5. The molecule has 1 amide bonds. The highest BCUT2D eigenvalue weighted by molar-refractivity contribution is 7.92. The van der Waals surface area contributed by atoms with E-state index >= 15 is 8.78 Å². The number of sulfone groups is 1. The average molecular weight is 560 g/mol. The van der Waals surface area contributed by atoms with Crippen LogP contribution >= 0.6 is 0 Å². The van der Waals surface area contributed by atoms with Gasteiger partial charge in [-0.15, -0.1) is 0 Å². The Kier molecular flexibility index (Phi) is 7.58. The molecule has 3 atom stereocenters. The van der Waals surface area contributed by atoms with E-state index in [4.69, 9.17) is 9.26 Å². The highest BCUT2D eigenvalue weighted by atomic mass is 32.2. The van der Waals surface area contributed by atoms with Crippen molar-refractivity contribution in [3.8, 4) is 0 Å². The van der Waals surface area contributed by atoms with Gasteiger partial charge in [0.15, 0.2) is 15.5 Å². The lowest BCUT2D eigenvalue weighted by atomic mass is 9.81. The van der Waals surface area contributed by atoms with E-state index in [2.05, 4.69) is 15.8 Å². The fourth-order valence-electron chi connectivity index (χ4n) is 5.57. The molecule has 2 aromatic carbocycles. The molecule has 0 radical (unpaired) electrons. The number of aromatic nitrogens is 1. The van der Waals surface area contributed by atoms with Gasteiger partial charge in [-0.2, -0.15) is 0 Å². The fraction of sp³-hybridized carbons (Fsp3) is 0.429. The third-order valence-electron chi connectivity index (χ3n) is 7.81. The Balaban J connectivity index is 1.45. The lowest BCUT2D eigenvalue weighted by Gasteiger charge is -2.39. The van der Waals surface area contributed by atoms with E-state index in [1.807, 2.05) is 6.07 Å². The van der Waals surface area contributed by atoms with Crippen molar-refractivity contribution >= 4 is 15.7 Å². The van der Waals surface area contributed by atoms with Gasteiger partial charge >= 0.3 is 0 Å². The number of hydrogen-bond acceptors (Lipinski definition) is 7. The number of nitrogens with zero attached hydrogens (tertiary/aromatic N) is 1. The predicted octanol–water partition coefficient (Wildman–Crippen LogP) is 3.76. The zero-order valence-corrected chi connectivity index (χ0v) is 22.6. The van der Waals surface area contributed by atoms with E-state index < -0.39 is 49.5 Å². The van der Waals surface area contributed by atoms with Crippen LogP contribution in [0.15, 0.2) is 53.1 Å². The first-order valence-corrected chi connectivity index (χ1v) is 14.5. The summed E-state index contributed by atoms with van der Waals surface area (Å²) in [7, 11) is -3.72. The van der Waals surface area contributed by atoms with Crippen molar-refractivity contribution in [1.82, 2.24) is 15.8 Å². The number of hydrogen-bond donors (Lipinski definition) is 2. The van der Waals surface area contributed by atoms with Crippen molar-refractivity contribution < 1.29 is 31.3 Å². The maximum absolute atomic E-state index is 15.7. The molecule has 208 valence electrons. The molecule has 3 heterocycles. The van der Waals surface area contributed by atoms with Crippen molar-refractivity contribution in [2.75, 3.05) is 19.8 Å². The molecule has 8 nitrogen and oxygen atoms in total. The first-order valence-electron chi connectivity index (χ1n) is 12.9. The van der Waals surface area contributed by atoms with Crippen LogP contribution < -0.4 is 10.6 Å². The molecular formula is C28H31F2N3O5S. The van der Waals surface area contributed by atoms with E-state index in [1.54, 1.807) is 38.1 Å². The molecule has 0 aliphatic carbocycles. The number of carbonyl (C=O) groups excluding carboxylic acids is 1. The summed E-state index contributed by atoms with van der Waals surface area (Å²) in [6.45, 7) is 4.11. The third kappa shape index (κ3) is 5.35. The SMILES string of the molecule is Cc1cc(C(=O)NC2(c3cc(F)c(CC4[C@H](C)NC[C@@H](c5ccccc5)S4(=O)=O)cc3F)CCOCC2)no1. The minimum Gasteiger partial charge on any atom is -0.381 e. The molecule has 11 heteroatoms. The van der Waals surface area contributed by atoms with Crippen molar-refractivity contribution in [3.05, 3.63) is 88.3 Å². The average Bonchev–Trinajstić information content (AvgIpc) is 3.35. The molecule has 1 unspecified atom stereocenters. The second kappa shape index (κ2) is 10.8. The summed E-state index contributed by atoms with van der Waals surface area (Å²) in [5.74, 6) is -1.58. The molecule has 2 aliphatic heterocycles. The topological polar surface area (TPSA) is 111 Å². The van der Waals surface area contributed by atoms with E-state index in [0.717, 1.165) is 12.1 Å². The van der Waals surface area contributed by atoms with Crippen molar-refractivity contribution in [3.63, 3.8) is 0 Å². The molecule has 1 aromatic heterocycles. The van der Waals surface area contributed by atoms with E-state index in [-0.39, 0.29) is 55.8 Å². The number of halogens is 2. The second-order valence-corrected chi connectivity index (χ2v) is 12.7. The van der Waals surface area contributed by atoms with Gasteiger partial charge in [0.2, 0.25) is 0 Å². The van der Waals surface area contributed by atoms with Crippen LogP contribution in [0, 0.1) is 18.6 Å². The molecule has 0 spiro atoms. The van der Waals surface area contributed by atoms with Crippen LogP contribution in [-0.2, 0) is 26.5 Å². The van der Waals surface area contributed by atoms with Gasteiger partial charge in [-0.25, -0.2) is 17.2 Å². The molecular weight excluding hydrogens is 528 g/mol. The predicted molar refractivity (Wildman–Crippen MR) is 140 cm³/mol. The van der Waals surface area contributed by atoms with Crippen LogP contribution in [0.1, 0.15) is 58.0 Å². The van der Waals surface area contributed by atoms with Gasteiger partial charge < -0.3 is 19.9 Å². The Morgan fingerprint density at radius 2 is 1.85 bits per heavy atom. The molecule has 39 heavy (non-hydrogen) atoms. The number of carbonyl (C=O) groups is 1. The maximum Gasteiger partial charge on any atom is 0.274 e. The number of nitrogens with one attached hydrogen (secondary N) is 2. The lowest BCUT2D eigenvalue weighted by molar-refractivity contribution is 0.0329. The van der Waals surface area contributed by atoms with E-state index in [1.165, 1.54) is 6.07 Å². The van der Waals surface area contributed by atoms with Gasteiger partial charge in [0, 0.05) is 37.4 Å². The monoisotopic (exact) mass is 559 g/mol. The zero-order chi connectivity index (χ0) is 27.8. The fourth-order valence-corrected chi connectivity index (χ4v) is 7.93. The molecule has 2 aliphatic rings. The molecule has 3 aromatic rings. The smallest absolute Gasteiger partial charge is 0.274 e. The van der Waals surface area contributed by atoms with Crippen LogP contribution in [0.5, 0.6) is 0 Å². The Morgan fingerprint density at radius 1 is 1.13 bits per heavy atom. The van der Waals surface area contributed by atoms with Gasteiger partial charge in [0.1, 0.15) is 17.4 Å². The van der Waals surface area contributed by atoms with Crippen molar-refractivity contribution in [2.24, 2.45) is 0 Å². The normalized spacial score (nSPS) is 24.3. The number of rotatable bonds is 6. The van der Waals surface area contributed by atoms with Crippen LogP contribution in [-0.4, -0.2) is 50.5 Å². The van der Waals surface area contributed by atoms with Gasteiger partial charge in [-0.3, -0.25) is 4.79 Å². The number of benzene rings is 2.